The molecule has 3 fully saturated rings. The molecule has 0 saturated carbocycles. The minimum atomic E-state index is -1.22. The van der Waals surface area contributed by atoms with E-state index in [1.54, 1.807) is 37.3 Å². The number of allylic oxidation sites excluding steroid dienone is 1. The van der Waals surface area contributed by atoms with Gasteiger partial charge in [0.05, 0.1) is 41.5 Å². The van der Waals surface area contributed by atoms with Crippen molar-refractivity contribution in [3.8, 4) is 0 Å². The quantitative estimate of drug-likeness (QED) is 0.243. The minimum Gasteiger partial charge on any atom is -0.465 e. The van der Waals surface area contributed by atoms with Gasteiger partial charge in [0.15, 0.2) is 0 Å². The number of ether oxygens (including phenoxy) is 2. The van der Waals surface area contributed by atoms with Gasteiger partial charge in [-0.15, -0.1) is 13.2 Å². The van der Waals surface area contributed by atoms with Gasteiger partial charge in [-0.05, 0) is 58.1 Å². The molecule has 3 aliphatic rings. The monoisotopic (exact) mass is 544 g/mol. The first-order valence-electron chi connectivity index (χ1n) is 13.2. The third kappa shape index (κ3) is 4.56. The van der Waals surface area contributed by atoms with Gasteiger partial charge in [0.1, 0.15) is 17.6 Å². The van der Waals surface area contributed by atoms with Crippen LogP contribution in [0.15, 0.2) is 49.6 Å². The smallest absolute Gasteiger partial charge is 0.312 e. The SMILES string of the molecule is C=CCCCCOC(=O)[C@@H]1[C@H]2C(=O)N([C@H](C)CO)C(C(=O)N(CC=C)c3ccccc3Cl)C23CC[C@@]1(C)O3. The fourth-order valence-corrected chi connectivity index (χ4v) is 6.71. The third-order valence-corrected chi connectivity index (χ3v) is 8.53. The fraction of sp³-hybridized carbons (Fsp3) is 0.552. The van der Waals surface area contributed by atoms with Crippen LogP contribution in [0.4, 0.5) is 5.69 Å². The van der Waals surface area contributed by atoms with Crippen LogP contribution in [-0.4, -0.2) is 70.8 Å². The molecule has 6 atom stereocenters. The summed E-state index contributed by atoms with van der Waals surface area (Å²) in [6.07, 6.45) is 6.71. The number of hydrogen-bond donors (Lipinski definition) is 1. The van der Waals surface area contributed by atoms with E-state index >= 15 is 0 Å². The highest BCUT2D eigenvalue weighted by Gasteiger charge is 2.79. The number of aliphatic hydroxyl groups is 1. The van der Waals surface area contributed by atoms with E-state index in [1.165, 1.54) is 9.80 Å². The highest BCUT2D eigenvalue weighted by Crippen LogP contribution is 2.63. The molecule has 2 bridgehead atoms. The molecular formula is C29H37ClN2O6. The van der Waals surface area contributed by atoms with Crippen LogP contribution >= 0.6 is 11.6 Å². The van der Waals surface area contributed by atoms with Crippen molar-refractivity contribution in [2.24, 2.45) is 11.8 Å². The second-order valence-electron chi connectivity index (χ2n) is 10.6. The lowest BCUT2D eigenvalue weighted by Gasteiger charge is -2.38. The number of nitrogens with zero attached hydrogens (tertiary/aromatic N) is 2. The number of hydrogen-bond acceptors (Lipinski definition) is 6. The Kier molecular flexibility index (Phi) is 8.35. The molecule has 206 valence electrons. The fourth-order valence-electron chi connectivity index (χ4n) is 6.47. The number of halogens is 1. The van der Waals surface area contributed by atoms with E-state index in [-0.39, 0.29) is 25.7 Å². The highest BCUT2D eigenvalue weighted by atomic mass is 35.5. The number of anilines is 1. The van der Waals surface area contributed by atoms with Crippen molar-refractivity contribution >= 4 is 35.1 Å². The number of aliphatic hydroxyl groups excluding tert-OH is 1. The van der Waals surface area contributed by atoms with Gasteiger partial charge in [-0.25, -0.2) is 0 Å². The summed E-state index contributed by atoms with van der Waals surface area (Å²) in [4.78, 5) is 44.7. The van der Waals surface area contributed by atoms with Gasteiger partial charge in [0.2, 0.25) is 5.91 Å². The van der Waals surface area contributed by atoms with E-state index in [9.17, 15) is 19.5 Å². The van der Waals surface area contributed by atoms with Crippen molar-refractivity contribution in [1.82, 2.24) is 4.90 Å². The zero-order chi connectivity index (χ0) is 27.7. The average molecular weight is 545 g/mol. The largest absolute Gasteiger partial charge is 0.465 e. The van der Waals surface area contributed by atoms with Crippen LogP contribution in [0.25, 0.3) is 0 Å². The first-order chi connectivity index (χ1) is 18.2. The normalized spacial score (nSPS) is 30.2. The van der Waals surface area contributed by atoms with Crippen molar-refractivity contribution in [2.45, 2.75) is 69.2 Å². The molecule has 4 rings (SSSR count). The maximum atomic E-state index is 14.4. The van der Waals surface area contributed by atoms with Gasteiger partial charge in [0, 0.05) is 6.54 Å². The lowest BCUT2D eigenvalue weighted by atomic mass is 9.66. The molecule has 1 aromatic rings. The lowest BCUT2D eigenvalue weighted by Crippen LogP contribution is -2.58. The van der Waals surface area contributed by atoms with Crippen LogP contribution in [0, 0.1) is 11.8 Å². The molecule has 0 aromatic heterocycles. The minimum absolute atomic E-state index is 0.156. The molecule has 3 heterocycles. The predicted octanol–water partition coefficient (Wildman–Crippen LogP) is 3.90. The Morgan fingerprint density at radius 3 is 2.68 bits per heavy atom. The highest BCUT2D eigenvalue weighted by molar-refractivity contribution is 6.34. The zero-order valence-electron chi connectivity index (χ0n) is 22.1. The number of carbonyl (C=O) groups is 3. The van der Waals surface area contributed by atoms with Crippen LogP contribution in [0.5, 0.6) is 0 Å². The Morgan fingerprint density at radius 1 is 1.29 bits per heavy atom. The van der Waals surface area contributed by atoms with Gasteiger partial charge in [-0.1, -0.05) is 35.9 Å². The van der Waals surface area contributed by atoms with Crippen molar-refractivity contribution in [3.63, 3.8) is 0 Å². The summed E-state index contributed by atoms with van der Waals surface area (Å²) >= 11 is 6.47. The van der Waals surface area contributed by atoms with Crippen molar-refractivity contribution in [1.29, 1.82) is 0 Å². The Labute approximate surface area is 229 Å². The maximum Gasteiger partial charge on any atom is 0.312 e. The molecule has 0 aliphatic carbocycles. The second-order valence-corrected chi connectivity index (χ2v) is 11.1. The van der Waals surface area contributed by atoms with E-state index in [0.717, 1.165) is 12.8 Å². The van der Waals surface area contributed by atoms with E-state index in [4.69, 9.17) is 21.1 Å². The van der Waals surface area contributed by atoms with Crippen LogP contribution in [-0.2, 0) is 23.9 Å². The van der Waals surface area contributed by atoms with Crippen LogP contribution in [0.3, 0.4) is 0 Å². The van der Waals surface area contributed by atoms with E-state index in [2.05, 4.69) is 13.2 Å². The standard InChI is InChI=1S/C29H37ClN2O6/c1-5-7-8-11-17-37-27(36)23-22-25(34)32(19(3)18-33)24(29(22)15-14-28(23,4)38-29)26(35)31(16-6-2)21-13-10-9-12-20(21)30/h5-6,9-10,12-13,19,22-24,33H,1-2,7-8,11,14-18H2,3-4H3/t19-,22+,23+,24?,28-,29?/m1/s1. The van der Waals surface area contributed by atoms with Crippen LogP contribution in [0.2, 0.25) is 5.02 Å². The van der Waals surface area contributed by atoms with Crippen LogP contribution < -0.4 is 4.90 Å². The van der Waals surface area contributed by atoms with E-state index in [0.29, 0.717) is 30.0 Å². The number of carbonyl (C=O) groups excluding carboxylic acids is 3. The summed E-state index contributed by atoms with van der Waals surface area (Å²) < 4.78 is 12.2. The molecule has 0 radical (unpaired) electrons. The summed E-state index contributed by atoms with van der Waals surface area (Å²) in [5.74, 6) is -2.98. The third-order valence-electron chi connectivity index (χ3n) is 8.21. The molecule has 3 aliphatic heterocycles. The summed E-state index contributed by atoms with van der Waals surface area (Å²) in [6.45, 7) is 11.1. The Balaban J connectivity index is 1.72. The number of para-hydroxylation sites is 1. The predicted molar refractivity (Wildman–Crippen MR) is 145 cm³/mol. The number of esters is 1. The molecule has 9 heteroatoms. The van der Waals surface area contributed by atoms with Gasteiger partial charge >= 0.3 is 5.97 Å². The summed E-state index contributed by atoms with van der Waals surface area (Å²) in [5.41, 5.74) is -1.67. The molecule has 2 unspecified atom stereocenters. The molecule has 8 nitrogen and oxygen atoms in total. The molecule has 1 spiro atoms. The Hall–Kier alpha value is -2.68. The van der Waals surface area contributed by atoms with Gasteiger partial charge in [-0.3, -0.25) is 14.4 Å². The first kappa shape index (κ1) is 28.3. The van der Waals surface area contributed by atoms with E-state index < -0.39 is 47.0 Å². The van der Waals surface area contributed by atoms with Gasteiger partial charge in [-0.2, -0.15) is 0 Å². The van der Waals surface area contributed by atoms with Gasteiger partial charge < -0.3 is 24.4 Å². The van der Waals surface area contributed by atoms with Crippen molar-refractivity contribution in [3.05, 3.63) is 54.6 Å². The number of unbranched alkanes of at least 4 members (excludes halogenated alkanes) is 2. The van der Waals surface area contributed by atoms with Crippen LogP contribution in [0.1, 0.15) is 46.0 Å². The zero-order valence-corrected chi connectivity index (χ0v) is 22.9. The summed E-state index contributed by atoms with van der Waals surface area (Å²) in [6, 6.07) is 5.25. The van der Waals surface area contributed by atoms with Crippen molar-refractivity contribution in [2.75, 3.05) is 24.7 Å². The van der Waals surface area contributed by atoms with E-state index in [1.807, 2.05) is 13.0 Å². The topological polar surface area (TPSA) is 96.4 Å². The lowest BCUT2D eigenvalue weighted by molar-refractivity contribution is -0.160. The van der Waals surface area contributed by atoms with Crippen molar-refractivity contribution < 1.29 is 29.0 Å². The Morgan fingerprint density at radius 2 is 2.03 bits per heavy atom. The second kappa shape index (κ2) is 11.2. The molecule has 38 heavy (non-hydrogen) atoms. The molecule has 3 saturated heterocycles. The molecular weight excluding hydrogens is 508 g/mol. The summed E-state index contributed by atoms with van der Waals surface area (Å²) in [5, 5.41) is 10.4. The number of amides is 2. The summed E-state index contributed by atoms with van der Waals surface area (Å²) in [7, 11) is 0. The number of fused-ring (bicyclic) bond motifs is 1. The maximum absolute atomic E-state index is 14.4. The molecule has 2 amide bonds. The van der Waals surface area contributed by atoms with Gasteiger partial charge in [0.25, 0.3) is 5.91 Å². The number of rotatable bonds is 12. The molecule has 1 N–H and O–H groups in total. The molecule has 1 aromatic carbocycles. The first-order valence-corrected chi connectivity index (χ1v) is 13.6. The number of likely N-dealkylation sites (tertiary alicyclic amines) is 1. The average Bonchev–Trinajstić information content (AvgIpc) is 3.47. The Bertz CT molecular complexity index is 1110. The number of benzene rings is 1.